The third kappa shape index (κ3) is 3.30. The van der Waals surface area contributed by atoms with Crippen molar-refractivity contribution in [1.29, 1.82) is 0 Å². The van der Waals surface area contributed by atoms with Crippen molar-refractivity contribution >= 4 is 11.6 Å². The summed E-state index contributed by atoms with van der Waals surface area (Å²) in [5.74, 6) is 0. The lowest BCUT2D eigenvalue weighted by atomic mass is 9.91. The second-order valence-electron chi connectivity index (χ2n) is 5.41. The number of hydrogen-bond acceptors (Lipinski definition) is 1. The quantitative estimate of drug-likeness (QED) is 0.812. The predicted octanol–water partition coefficient (Wildman–Crippen LogP) is 5.08. The normalized spacial score (nSPS) is 12.4. The van der Waals surface area contributed by atoms with Crippen molar-refractivity contribution in [3.05, 3.63) is 69.2 Å². The smallest absolute Gasteiger partial charge is 0.0577 e. The number of benzene rings is 2. The van der Waals surface area contributed by atoms with Crippen LogP contribution in [0.3, 0.4) is 0 Å². The summed E-state index contributed by atoms with van der Waals surface area (Å²) in [6.07, 6.45) is 2.16. The van der Waals surface area contributed by atoms with Gasteiger partial charge in [-0.2, -0.15) is 0 Å². The Balaban J connectivity index is 2.49. The summed E-state index contributed by atoms with van der Waals surface area (Å²) in [4.78, 5) is 0. The number of aryl methyl sites for hydroxylation is 2. The average molecular weight is 302 g/mol. The van der Waals surface area contributed by atoms with Crippen LogP contribution in [0.2, 0.25) is 5.02 Å². The topological polar surface area (TPSA) is 12.0 Å². The molecule has 0 bridgehead atoms. The molecule has 2 rings (SSSR count). The van der Waals surface area contributed by atoms with E-state index in [1.165, 1.54) is 22.3 Å². The van der Waals surface area contributed by atoms with Crippen molar-refractivity contribution in [2.75, 3.05) is 7.05 Å². The summed E-state index contributed by atoms with van der Waals surface area (Å²) >= 11 is 6.28. The Morgan fingerprint density at radius 3 is 2.38 bits per heavy atom. The number of rotatable bonds is 5. The molecule has 112 valence electrons. The highest BCUT2D eigenvalue weighted by Gasteiger charge is 2.16. The largest absolute Gasteiger partial charge is 0.309 e. The molecule has 0 aliphatic carbocycles. The molecule has 0 fully saturated rings. The minimum atomic E-state index is 0.180. The molecule has 2 aromatic carbocycles. The van der Waals surface area contributed by atoms with Crippen molar-refractivity contribution in [3.63, 3.8) is 0 Å². The summed E-state index contributed by atoms with van der Waals surface area (Å²) in [6.45, 7) is 6.52. The van der Waals surface area contributed by atoms with Crippen molar-refractivity contribution < 1.29 is 0 Å². The van der Waals surface area contributed by atoms with Crippen molar-refractivity contribution in [2.45, 2.75) is 39.7 Å². The maximum atomic E-state index is 6.28. The SMILES string of the molecule is CCc1ccc(C(NC)c2cccc(Cl)c2C)cc1CC. The first-order valence-electron chi connectivity index (χ1n) is 7.66. The second kappa shape index (κ2) is 7.11. The van der Waals surface area contributed by atoms with E-state index in [2.05, 4.69) is 50.4 Å². The lowest BCUT2D eigenvalue weighted by Crippen LogP contribution is -2.19. The molecule has 1 nitrogen and oxygen atoms in total. The Kier molecular flexibility index (Phi) is 5.44. The summed E-state index contributed by atoms with van der Waals surface area (Å²) in [6, 6.07) is 13.1. The highest BCUT2D eigenvalue weighted by molar-refractivity contribution is 6.31. The van der Waals surface area contributed by atoms with E-state index in [9.17, 15) is 0 Å². The van der Waals surface area contributed by atoms with Crippen molar-refractivity contribution in [3.8, 4) is 0 Å². The van der Waals surface area contributed by atoms with Crippen LogP contribution in [0.1, 0.15) is 47.7 Å². The molecule has 1 N–H and O–H groups in total. The van der Waals surface area contributed by atoms with Gasteiger partial charge in [-0.3, -0.25) is 0 Å². The van der Waals surface area contributed by atoms with Crippen LogP contribution in [0.5, 0.6) is 0 Å². The molecule has 2 heteroatoms. The van der Waals surface area contributed by atoms with Gasteiger partial charge in [-0.05, 0) is 60.7 Å². The van der Waals surface area contributed by atoms with Gasteiger partial charge in [0, 0.05) is 5.02 Å². The third-order valence-corrected chi connectivity index (χ3v) is 4.64. The highest BCUT2D eigenvalue weighted by Crippen LogP contribution is 2.29. The molecule has 0 spiro atoms. The molecule has 0 radical (unpaired) electrons. The first-order valence-corrected chi connectivity index (χ1v) is 8.04. The molecule has 0 heterocycles. The van der Waals surface area contributed by atoms with E-state index in [1.54, 1.807) is 0 Å². The maximum absolute atomic E-state index is 6.28. The molecule has 0 amide bonds. The van der Waals surface area contributed by atoms with Crippen molar-refractivity contribution in [2.24, 2.45) is 0 Å². The first kappa shape index (κ1) is 16.1. The standard InChI is InChI=1S/C19H24ClN/c1-5-14-10-11-16(12-15(14)6-2)19(21-4)17-8-7-9-18(20)13(17)3/h7-12,19,21H,5-6H2,1-4H3. The van der Waals surface area contributed by atoms with Gasteiger partial charge in [-0.15, -0.1) is 0 Å². The van der Waals surface area contributed by atoms with Gasteiger partial charge in [-0.1, -0.05) is 55.8 Å². The Morgan fingerprint density at radius 1 is 1.05 bits per heavy atom. The van der Waals surface area contributed by atoms with Gasteiger partial charge in [0.25, 0.3) is 0 Å². The van der Waals surface area contributed by atoms with Gasteiger partial charge in [-0.25, -0.2) is 0 Å². The van der Waals surface area contributed by atoms with Crippen LogP contribution in [0, 0.1) is 6.92 Å². The molecule has 0 aromatic heterocycles. The molecule has 1 unspecified atom stereocenters. The fraction of sp³-hybridized carbons (Fsp3) is 0.368. The monoisotopic (exact) mass is 301 g/mol. The van der Waals surface area contributed by atoms with E-state index in [4.69, 9.17) is 11.6 Å². The molecule has 21 heavy (non-hydrogen) atoms. The number of halogens is 1. The van der Waals surface area contributed by atoms with E-state index in [0.29, 0.717) is 0 Å². The summed E-state index contributed by atoms with van der Waals surface area (Å²) in [5, 5.41) is 4.26. The summed E-state index contributed by atoms with van der Waals surface area (Å²) < 4.78 is 0. The van der Waals surface area contributed by atoms with Crippen LogP contribution in [0.4, 0.5) is 0 Å². The van der Waals surface area contributed by atoms with Crippen LogP contribution < -0.4 is 5.32 Å². The fourth-order valence-electron chi connectivity index (χ4n) is 2.94. The van der Waals surface area contributed by atoms with Gasteiger partial charge in [0.05, 0.1) is 6.04 Å². The molecule has 0 saturated carbocycles. The van der Waals surface area contributed by atoms with Crippen LogP contribution in [0.25, 0.3) is 0 Å². The van der Waals surface area contributed by atoms with Crippen LogP contribution in [-0.2, 0) is 12.8 Å². The Morgan fingerprint density at radius 2 is 1.76 bits per heavy atom. The summed E-state index contributed by atoms with van der Waals surface area (Å²) in [5.41, 5.74) is 6.58. The third-order valence-electron chi connectivity index (χ3n) is 4.23. The molecule has 0 saturated heterocycles. The molecule has 1 atom stereocenters. The predicted molar refractivity (Wildman–Crippen MR) is 92.3 cm³/mol. The Bertz CT molecular complexity index is 619. The zero-order valence-electron chi connectivity index (χ0n) is 13.3. The molecular weight excluding hydrogens is 278 g/mol. The number of hydrogen-bond donors (Lipinski definition) is 1. The van der Waals surface area contributed by atoms with Gasteiger partial charge in [0.2, 0.25) is 0 Å². The molecule has 2 aromatic rings. The molecule has 0 aliphatic rings. The van der Waals surface area contributed by atoms with E-state index >= 15 is 0 Å². The Labute approximate surface area is 133 Å². The van der Waals surface area contributed by atoms with Crippen LogP contribution in [-0.4, -0.2) is 7.05 Å². The molecular formula is C19H24ClN. The van der Waals surface area contributed by atoms with Gasteiger partial charge >= 0.3 is 0 Å². The van der Waals surface area contributed by atoms with Gasteiger partial charge < -0.3 is 5.32 Å². The fourth-order valence-corrected chi connectivity index (χ4v) is 3.12. The van der Waals surface area contributed by atoms with E-state index in [0.717, 1.165) is 23.4 Å². The lowest BCUT2D eigenvalue weighted by Gasteiger charge is -2.21. The Hall–Kier alpha value is -1.31. The summed E-state index contributed by atoms with van der Waals surface area (Å²) in [7, 11) is 2.00. The van der Waals surface area contributed by atoms with Crippen molar-refractivity contribution in [1.82, 2.24) is 5.32 Å². The van der Waals surface area contributed by atoms with Crippen LogP contribution >= 0.6 is 11.6 Å². The minimum absolute atomic E-state index is 0.180. The lowest BCUT2D eigenvalue weighted by molar-refractivity contribution is 0.686. The highest BCUT2D eigenvalue weighted by atomic mass is 35.5. The zero-order valence-corrected chi connectivity index (χ0v) is 14.1. The van der Waals surface area contributed by atoms with Gasteiger partial charge in [0.1, 0.15) is 0 Å². The minimum Gasteiger partial charge on any atom is -0.309 e. The van der Waals surface area contributed by atoms with Crippen LogP contribution in [0.15, 0.2) is 36.4 Å². The average Bonchev–Trinajstić information content (AvgIpc) is 2.51. The second-order valence-corrected chi connectivity index (χ2v) is 5.82. The van der Waals surface area contributed by atoms with E-state index in [1.807, 2.05) is 19.2 Å². The molecule has 0 aliphatic heterocycles. The van der Waals surface area contributed by atoms with E-state index in [-0.39, 0.29) is 6.04 Å². The van der Waals surface area contributed by atoms with Gasteiger partial charge in [0.15, 0.2) is 0 Å². The van der Waals surface area contributed by atoms with E-state index < -0.39 is 0 Å². The zero-order chi connectivity index (χ0) is 15.4. The number of nitrogens with one attached hydrogen (secondary N) is 1. The maximum Gasteiger partial charge on any atom is 0.0577 e. The first-order chi connectivity index (χ1) is 10.1.